The number of carbonyl (C=O) groups is 1. The summed E-state index contributed by atoms with van der Waals surface area (Å²) in [7, 11) is 0. The highest BCUT2D eigenvalue weighted by Crippen LogP contribution is 2.52. The number of hydrogen-bond donors (Lipinski definition) is 1. The van der Waals surface area contributed by atoms with E-state index in [0.29, 0.717) is 22.2 Å². The van der Waals surface area contributed by atoms with Crippen molar-refractivity contribution in [2.24, 2.45) is 10.8 Å². The van der Waals surface area contributed by atoms with E-state index >= 15 is 0 Å². The second kappa shape index (κ2) is 6.63. The number of nitriles is 1. The first-order chi connectivity index (χ1) is 12.1. The predicted octanol–water partition coefficient (Wildman–Crippen LogP) is 4.90. The molecule has 2 atom stereocenters. The van der Waals surface area contributed by atoms with Gasteiger partial charge in [0.1, 0.15) is 11.6 Å². The number of hydrogen-bond acceptors (Lipinski definition) is 3. The van der Waals surface area contributed by atoms with E-state index in [1.165, 1.54) is 6.42 Å². The van der Waals surface area contributed by atoms with Gasteiger partial charge >= 0.3 is 0 Å². The topological polar surface area (TPSA) is 56.1 Å². The van der Waals surface area contributed by atoms with Crippen molar-refractivity contribution in [1.82, 2.24) is 4.90 Å². The lowest BCUT2D eigenvalue weighted by Crippen LogP contribution is -2.33. The van der Waals surface area contributed by atoms with E-state index in [1.807, 2.05) is 6.92 Å². The molecule has 1 amide bonds. The Morgan fingerprint density at radius 3 is 2.81 bits per heavy atom. The van der Waals surface area contributed by atoms with E-state index in [-0.39, 0.29) is 16.9 Å². The van der Waals surface area contributed by atoms with Crippen LogP contribution in [0.1, 0.15) is 45.6 Å². The second-order valence-corrected chi connectivity index (χ2v) is 9.31. The van der Waals surface area contributed by atoms with Gasteiger partial charge in [0.05, 0.1) is 0 Å². The van der Waals surface area contributed by atoms with E-state index in [9.17, 15) is 10.1 Å². The van der Waals surface area contributed by atoms with Crippen LogP contribution in [0.3, 0.4) is 0 Å². The highest BCUT2D eigenvalue weighted by Gasteiger charge is 2.48. The van der Waals surface area contributed by atoms with Gasteiger partial charge in [0.2, 0.25) is 0 Å². The molecule has 1 aromatic carbocycles. The number of amides is 1. The van der Waals surface area contributed by atoms with Crippen molar-refractivity contribution < 1.29 is 4.79 Å². The molecule has 1 aromatic rings. The highest BCUT2D eigenvalue weighted by atomic mass is 35.5. The van der Waals surface area contributed by atoms with E-state index in [0.717, 1.165) is 24.9 Å². The largest absolute Gasteiger partial charge is 0.373 e. The molecule has 2 fully saturated rings. The first kappa shape index (κ1) is 18.8. The molecule has 138 valence electrons. The van der Waals surface area contributed by atoms with Crippen LogP contribution in [0.25, 0.3) is 0 Å². The van der Waals surface area contributed by atoms with Crippen molar-refractivity contribution in [3.63, 3.8) is 0 Å². The van der Waals surface area contributed by atoms with E-state index in [2.05, 4.69) is 37.1 Å². The molecule has 1 aliphatic heterocycles. The number of fused-ring (bicyclic) bond motifs is 2. The molecule has 1 heterocycles. The SMILES string of the molecule is Cc1c(Cl)cccc1NC(=O)/C(C#N)=C\N1CC2(C)CC1CC(C)(C)C2. The zero-order valence-corrected chi connectivity index (χ0v) is 16.7. The Morgan fingerprint density at radius 2 is 2.12 bits per heavy atom. The number of rotatable bonds is 3. The maximum atomic E-state index is 12.6. The molecule has 1 saturated heterocycles. The average molecular weight is 372 g/mol. The molecule has 1 aliphatic carbocycles. The average Bonchev–Trinajstić information content (AvgIpc) is 2.77. The Bertz CT molecular complexity index is 808. The van der Waals surface area contributed by atoms with Gasteiger partial charge in [0.25, 0.3) is 5.91 Å². The summed E-state index contributed by atoms with van der Waals surface area (Å²) in [6.07, 6.45) is 5.15. The number of benzene rings is 1. The van der Waals surface area contributed by atoms with Crippen LogP contribution in [0.15, 0.2) is 30.0 Å². The van der Waals surface area contributed by atoms with Crippen molar-refractivity contribution in [2.75, 3.05) is 11.9 Å². The van der Waals surface area contributed by atoms with E-state index in [1.54, 1.807) is 24.4 Å². The molecule has 1 N–H and O–H groups in total. The number of likely N-dealkylation sites (tertiary alicyclic amines) is 1. The van der Waals surface area contributed by atoms with Gasteiger partial charge in [0.15, 0.2) is 0 Å². The third-order valence-corrected chi connectivity index (χ3v) is 6.04. The minimum absolute atomic E-state index is 0.137. The van der Waals surface area contributed by atoms with Crippen molar-refractivity contribution in [2.45, 2.75) is 53.0 Å². The maximum Gasteiger partial charge on any atom is 0.267 e. The van der Waals surface area contributed by atoms with E-state index < -0.39 is 0 Å². The van der Waals surface area contributed by atoms with Gasteiger partial charge in [-0.2, -0.15) is 5.26 Å². The molecule has 2 aliphatic rings. The van der Waals surface area contributed by atoms with Gasteiger partial charge in [-0.05, 0) is 54.7 Å². The van der Waals surface area contributed by atoms with Gasteiger partial charge in [-0.3, -0.25) is 4.79 Å². The zero-order valence-electron chi connectivity index (χ0n) is 15.9. The van der Waals surface area contributed by atoms with Crippen LogP contribution in [-0.2, 0) is 4.79 Å². The molecule has 5 heteroatoms. The number of nitrogens with zero attached hydrogens (tertiary/aromatic N) is 2. The maximum absolute atomic E-state index is 12.6. The molecule has 2 bridgehead atoms. The summed E-state index contributed by atoms with van der Waals surface area (Å²) in [5, 5.41) is 12.9. The van der Waals surface area contributed by atoms with Crippen LogP contribution in [0, 0.1) is 29.1 Å². The predicted molar refractivity (Wildman–Crippen MR) is 105 cm³/mol. The number of halogens is 1. The summed E-state index contributed by atoms with van der Waals surface area (Å²) in [5.41, 5.74) is 2.12. The summed E-state index contributed by atoms with van der Waals surface area (Å²) in [4.78, 5) is 14.8. The number of anilines is 1. The summed E-state index contributed by atoms with van der Waals surface area (Å²) >= 11 is 6.11. The Morgan fingerprint density at radius 1 is 1.38 bits per heavy atom. The van der Waals surface area contributed by atoms with Gasteiger partial charge < -0.3 is 10.2 Å². The number of nitrogens with one attached hydrogen (secondary N) is 1. The summed E-state index contributed by atoms with van der Waals surface area (Å²) in [6, 6.07) is 7.82. The minimum atomic E-state index is -0.385. The van der Waals surface area contributed by atoms with Crippen molar-refractivity contribution in [1.29, 1.82) is 5.26 Å². The van der Waals surface area contributed by atoms with Crippen molar-refractivity contribution in [3.8, 4) is 6.07 Å². The van der Waals surface area contributed by atoms with Crippen LogP contribution in [0.4, 0.5) is 5.69 Å². The van der Waals surface area contributed by atoms with Gasteiger partial charge in [-0.1, -0.05) is 38.4 Å². The lowest BCUT2D eigenvalue weighted by molar-refractivity contribution is -0.112. The zero-order chi connectivity index (χ0) is 19.1. The standard InChI is InChI=1S/C21H26ClN3O/c1-14-17(22)6-5-7-18(14)24-19(26)15(10-23)11-25-13-21(4)9-16(25)8-20(2,3)12-21/h5-7,11,16H,8-9,12-13H2,1-4H3,(H,24,26)/b15-11-. The molecule has 0 radical (unpaired) electrons. The van der Waals surface area contributed by atoms with Gasteiger partial charge in [-0.25, -0.2) is 0 Å². The Kier molecular flexibility index (Phi) is 4.79. The van der Waals surface area contributed by atoms with Crippen molar-refractivity contribution in [3.05, 3.63) is 40.6 Å². The summed E-state index contributed by atoms with van der Waals surface area (Å²) < 4.78 is 0. The molecule has 2 unspecified atom stereocenters. The monoisotopic (exact) mass is 371 g/mol. The third-order valence-electron chi connectivity index (χ3n) is 5.63. The van der Waals surface area contributed by atoms with Gasteiger partial charge in [-0.15, -0.1) is 0 Å². The van der Waals surface area contributed by atoms with Crippen LogP contribution >= 0.6 is 11.6 Å². The molecule has 3 rings (SSSR count). The smallest absolute Gasteiger partial charge is 0.267 e. The first-order valence-corrected chi connectivity index (χ1v) is 9.44. The van der Waals surface area contributed by atoms with Crippen LogP contribution in [-0.4, -0.2) is 23.4 Å². The Labute approximate surface area is 160 Å². The van der Waals surface area contributed by atoms with Gasteiger partial charge in [0, 0.05) is 29.5 Å². The van der Waals surface area contributed by atoms with Crippen LogP contribution < -0.4 is 5.32 Å². The molecule has 0 aromatic heterocycles. The first-order valence-electron chi connectivity index (χ1n) is 9.07. The molecule has 26 heavy (non-hydrogen) atoms. The molecule has 0 spiro atoms. The van der Waals surface area contributed by atoms with Crippen molar-refractivity contribution >= 4 is 23.2 Å². The molecular weight excluding hydrogens is 346 g/mol. The second-order valence-electron chi connectivity index (χ2n) is 8.91. The molecule has 4 nitrogen and oxygen atoms in total. The normalized spacial score (nSPS) is 27.2. The fourth-order valence-electron chi connectivity index (χ4n) is 4.89. The van der Waals surface area contributed by atoms with Crippen LogP contribution in [0.2, 0.25) is 5.02 Å². The summed E-state index contributed by atoms with van der Waals surface area (Å²) in [5.74, 6) is -0.385. The molecular formula is C21H26ClN3O. The fraction of sp³-hybridized carbons (Fsp3) is 0.524. The van der Waals surface area contributed by atoms with Crippen LogP contribution in [0.5, 0.6) is 0 Å². The minimum Gasteiger partial charge on any atom is -0.373 e. The molecule has 1 saturated carbocycles. The Balaban J connectivity index is 1.80. The lowest BCUT2D eigenvalue weighted by atomic mass is 9.65. The van der Waals surface area contributed by atoms with E-state index in [4.69, 9.17) is 11.6 Å². The summed E-state index contributed by atoms with van der Waals surface area (Å²) in [6.45, 7) is 9.68. The quantitative estimate of drug-likeness (QED) is 0.607. The fourth-order valence-corrected chi connectivity index (χ4v) is 5.07. The number of carbonyl (C=O) groups excluding carboxylic acids is 1. The highest BCUT2D eigenvalue weighted by molar-refractivity contribution is 6.31. The Hall–Kier alpha value is -1.99. The third kappa shape index (κ3) is 3.73. The lowest BCUT2D eigenvalue weighted by Gasteiger charge is -2.39.